The molecule has 0 bridgehead atoms. The number of benzene rings is 2. The molecule has 0 fully saturated rings. The third kappa shape index (κ3) is 2.56. The lowest BCUT2D eigenvalue weighted by Gasteiger charge is -2.08. The third-order valence-electron chi connectivity index (χ3n) is 2.70. The maximum absolute atomic E-state index is 7.47. The number of nitrogens with two attached hydrogens (primary N) is 1. The van der Waals surface area contributed by atoms with E-state index in [-0.39, 0.29) is 5.84 Å². The minimum absolute atomic E-state index is 0.100. The van der Waals surface area contributed by atoms with E-state index in [2.05, 4.69) is 35.0 Å². The lowest BCUT2D eigenvalue weighted by molar-refractivity contribution is 1.39. The number of nitrogen functional groups attached to an aromatic ring is 1. The number of aryl methyl sites for hydroxylation is 1. The lowest BCUT2D eigenvalue weighted by Crippen LogP contribution is -2.11. The normalized spacial score (nSPS) is 10.2. The van der Waals surface area contributed by atoms with Crippen molar-refractivity contribution in [3.63, 3.8) is 0 Å². The van der Waals surface area contributed by atoms with Crippen LogP contribution in [0.4, 0.5) is 0 Å². The van der Waals surface area contributed by atoms with E-state index in [1.165, 1.54) is 5.56 Å². The summed E-state index contributed by atoms with van der Waals surface area (Å²) >= 11 is 3.42. The zero-order chi connectivity index (χ0) is 12.4. The van der Waals surface area contributed by atoms with Crippen molar-refractivity contribution in [2.24, 2.45) is 5.73 Å². The number of halogens is 1. The highest BCUT2D eigenvalue weighted by molar-refractivity contribution is 9.10. The van der Waals surface area contributed by atoms with E-state index in [4.69, 9.17) is 11.1 Å². The van der Waals surface area contributed by atoms with Crippen molar-refractivity contribution in [1.29, 1.82) is 5.41 Å². The lowest BCUT2D eigenvalue weighted by atomic mass is 9.98. The van der Waals surface area contributed by atoms with Crippen molar-refractivity contribution in [2.75, 3.05) is 0 Å². The van der Waals surface area contributed by atoms with E-state index < -0.39 is 0 Å². The van der Waals surface area contributed by atoms with E-state index in [1.807, 2.05) is 30.3 Å². The van der Waals surface area contributed by atoms with E-state index >= 15 is 0 Å². The quantitative estimate of drug-likeness (QED) is 0.642. The highest BCUT2D eigenvalue weighted by Crippen LogP contribution is 2.25. The van der Waals surface area contributed by atoms with Crippen molar-refractivity contribution < 1.29 is 0 Å². The molecule has 86 valence electrons. The molecular formula is C14H13BrN2. The zero-order valence-electron chi connectivity index (χ0n) is 9.50. The Labute approximate surface area is 109 Å². The topological polar surface area (TPSA) is 49.9 Å². The van der Waals surface area contributed by atoms with Crippen LogP contribution in [0.1, 0.15) is 11.1 Å². The summed E-state index contributed by atoms with van der Waals surface area (Å²) in [5.74, 6) is 0.100. The van der Waals surface area contributed by atoms with Gasteiger partial charge in [-0.1, -0.05) is 40.2 Å². The van der Waals surface area contributed by atoms with E-state index in [0.29, 0.717) is 0 Å². The molecule has 0 aliphatic heterocycles. The highest BCUT2D eigenvalue weighted by atomic mass is 79.9. The van der Waals surface area contributed by atoms with Crippen LogP contribution in [0.5, 0.6) is 0 Å². The molecule has 0 saturated heterocycles. The SMILES string of the molecule is Cc1ccc(C(=N)N)cc1-c1ccc(Br)cc1. The Bertz CT molecular complexity index is 559. The van der Waals surface area contributed by atoms with Gasteiger partial charge in [0.25, 0.3) is 0 Å². The number of rotatable bonds is 2. The standard InChI is InChI=1S/C14H13BrN2/c1-9-2-3-11(14(16)17)8-13(9)10-4-6-12(15)7-5-10/h2-8H,1H3,(H3,16,17). The zero-order valence-corrected chi connectivity index (χ0v) is 11.1. The summed E-state index contributed by atoms with van der Waals surface area (Å²) in [6, 6.07) is 14.0. The minimum atomic E-state index is 0.100. The summed E-state index contributed by atoms with van der Waals surface area (Å²) in [6.07, 6.45) is 0. The predicted molar refractivity (Wildman–Crippen MR) is 75.3 cm³/mol. The van der Waals surface area contributed by atoms with Gasteiger partial charge >= 0.3 is 0 Å². The molecule has 2 nitrogen and oxygen atoms in total. The van der Waals surface area contributed by atoms with Gasteiger partial charge < -0.3 is 5.73 Å². The first-order valence-corrected chi connectivity index (χ1v) is 6.08. The average Bonchev–Trinajstić information content (AvgIpc) is 2.31. The Morgan fingerprint density at radius 1 is 1.12 bits per heavy atom. The molecule has 3 heteroatoms. The van der Waals surface area contributed by atoms with Gasteiger partial charge in [-0.3, -0.25) is 5.41 Å². The van der Waals surface area contributed by atoms with Gasteiger partial charge in [0, 0.05) is 10.0 Å². The Kier molecular flexibility index (Phi) is 3.29. The molecule has 0 aliphatic carbocycles. The average molecular weight is 289 g/mol. The molecule has 2 aromatic rings. The molecule has 2 rings (SSSR count). The summed E-state index contributed by atoms with van der Waals surface area (Å²) in [7, 11) is 0. The predicted octanol–water partition coefficient (Wildman–Crippen LogP) is 3.71. The van der Waals surface area contributed by atoms with Gasteiger partial charge in [-0.25, -0.2) is 0 Å². The third-order valence-corrected chi connectivity index (χ3v) is 3.23. The molecule has 2 aromatic carbocycles. The molecule has 0 spiro atoms. The van der Waals surface area contributed by atoms with Gasteiger partial charge in [-0.2, -0.15) is 0 Å². The molecule has 0 heterocycles. The van der Waals surface area contributed by atoms with Crippen molar-refractivity contribution in [1.82, 2.24) is 0 Å². The van der Waals surface area contributed by atoms with Gasteiger partial charge in [0.1, 0.15) is 5.84 Å². The summed E-state index contributed by atoms with van der Waals surface area (Å²) in [4.78, 5) is 0. The van der Waals surface area contributed by atoms with Crippen LogP contribution in [-0.4, -0.2) is 5.84 Å². The Morgan fingerprint density at radius 2 is 1.76 bits per heavy atom. The second kappa shape index (κ2) is 4.72. The smallest absolute Gasteiger partial charge is 0.122 e. The van der Waals surface area contributed by atoms with Crippen LogP contribution < -0.4 is 5.73 Å². The molecule has 3 N–H and O–H groups in total. The second-order valence-corrected chi connectivity index (χ2v) is 4.87. The fourth-order valence-corrected chi connectivity index (χ4v) is 1.99. The first kappa shape index (κ1) is 11.9. The number of nitrogens with one attached hydrogen (secondary N) is 1. The Hall–Kier alpha value is -1.61. The molecular weight excluding hydrogens is 276 g/mol. The van der Waals surface area contributed by atoms with Crippen LogP contribution in [-0.2, 0) is 0 Å². The molecule has 0 atom stereocenters. The number of amidine groups is 1. The van der Waals surface area contributed by atoms with Crippen LogP contribution in [0, 0.1) is 12.3 Å². The summed E-state index contributed by atoms with van der Waals surface area (Å²) in [6.45, 7) is 2.06. The van der Waals surface area contributed by atoms with E-state index in [1.54, 1.807) is 0 Å². The van der Waals surface area contributed by atoms with Gasteiger partial charge in [-0.05, 0) is 41.8 Å². The van der Waals surface area contributed by atoms with Crippen LogP contribution in [0.15, 0.2) is 46.9 Å². The Balaban J connectivity index is 2.54. The van der Waals surface area contributed by atoms with E-state index in [9.17, 15) is 0 Å². The van der Waals surface area contributed by atoms with Crippen molar-refractivity contribution in [3.05, 3.63) is 58.1 Å². The second-order valence-electron chi connectivity index (χ2n) is 3.95. The summed E-state index contributed by atoms with van der Waals surface area (Å²) in [5, 5.41) is 7.47. The summed E-state index contributed by atoms with van der Waals surface area (Å²) < 4.78 is 1.06. The van der Waals surface area contributed by atoms with Gasteiger partial charge in [0.05, 0.1) is 0 Å². The van der Waals surface area contributed by atoms with Gasteiger partial charge in [-0.15, -0.1) is 0 Å². The maximum Gasteiger partial charge on any atom is 0.122 e. The maximum atomic E-state index is 7.47. The molecule has 0 radical (unpaired) electrons. The number of hydrogen-bond donors (Lipinski definition) is 2. The monoisotopic (exact) mass is 288 g/mol. The Morgan fingerprint density at radius 3 is 2.35 bits per heavy atom. The minimum Gasteiger partial charge on any atom is -0.384 e. The highest BCUT2D eigenvalue weighted by Gasteiger charge is 2.04. The molecule has 17 heavy (non-hydrogen) atoms. The molecule has 0 saturated carbocycles. The first-order valence-electron chi connectivity index (χ1n) is 5.29. The van der Waals surface area contributed by atoms with Crippen molar-refractivity contribution in [2.45, 2.75) is 6.92 Å². The van der Waals surface area contributed by atoms with Crippen LogP contribution in [0.2, 0.25) is 0 Å². The largest absolute Gasteiger partial charge is 0.384 e. The van der Waals surface area contributed by atoms with E-state index in [0.717, 1.165) is 21.2 Å². The summed E-state index contributed by atoms with van der Waals surface area (Å²) in [5.41, 5.74) is 9.70. The molecule has 0 amide bonds. The van der Waals surface area contributed by atoms with Crippen LogP contribution >= 0.6 is 15.9 Å². The fraction of sp³-hybridized carbons (Fsp3) is 0.0714. The van der Waals surface area contributed by atoms with Gasteiger partial charge in [0.15, 0.2) is 0 Å². The first-order chi connectivity index (χ1) is 8.08. The van der Waals surface area contributed by atoms with Gasteiger partial charge in [0.2, 0.25) is 0 Å². The molecule has 0 unspecified atom stereocenters. The number of hydrogen-bond acceptors (Lipinski definition) is 1. The van der Waals surface area contributed by atoms with Crippen molar-refractivity contribution >= 4 is 21.8 Å². The molecule has 0 aliphatic rings. The van der Waals surface area contributed by atoms with Crippen molar-refractivity contribution in [3.8, 4) is 11.1 Å². The molecule has 0 aromatic heterocycles. The van der Waals surface area contributed by atoms with Crippen LogP contribution in [0.3, 0.4) is 0 Å². The fourth-order valence-electron chi connectivity index (χ4n) is 1.73. The van der Waals surface area contributed by atoms with Crippen LogP contribution in [0.25, 0.3) is 11.1 Å².